The van der Waals surface area contributed by atoms with E-state index in [1.54, 1.807) is 18.4 Å². The molecule has 0 aliphatic carbocycles. The first kappa shape index (κ1) is 11.1. The van der Waals surface area contributed by atoms with E-state index in [1.165, 1.54) is 12.1 Å². The summed E-state index contributed by atoms with van der Waals surface area (Å²) in [5.74, 6) is -0.251. The van der Waals surface area contributed by atoms with E-state index in [9.17, 15) is 9.50 Å². The van der Waals surface area contributed by atoms with Gasteiger partial charge in [0.25, 0.3) is 0 Å². The molecule has 16 heavy (non-hydrogen) atoms. The molecule has 1 aromatic carbocycles. The molecule has 2 nitrogen and oxygen atoms in total. The summed E-state index contributed by atoms with van der Waals surface area (Å²) in [4.78, 5) is 0. The van der Waals surface area contributed by atoms with Crippen molar-refractivity contribution in [2.75, 3.05) is 6.61 Å². The lowest BCUT2D eigenvalue weighted by Crippen LogP contribution is -2.17. The number of ether oxygens (including phenoxy) is 1. The van der Waals surface area contributed by atoms with Gasteiger partial charge >= 0.3 is 0 Å². The minimum Gasteiger partial charge on any atom is -0.501 e. The van der Waals surface area contributed by atoms with Crippen molar-refractivity contribution in [1.29, 1.82) is 0 Å². The monoisotopic (exact) mass is 222 g/mol. The van der Waals surface area contributed by atoms with Crippen LogP contribution in [0.2, 0.25) is 0 Å². The summed E-state index contributed by atoms with van der Waals surface area (Å²) in [7, 11) is 0. The van der Waals surface area contributed by atoms with Gasteiger partial charge in [-0.1, -0.05) is 12.1 Å². The maximum Gasteiger partial charge on any atom is 0.123 e. The van der Waals surface area contributed by atoms with Gasteiger partial charge in [0.05, 0.1) is 19.0 Å². The van der Waals surface area contributed by atoms with Crippen LogP contribution >= 0.6 is 0 Å². The average Bonchev–Trinajstić information content (AvgIpc) is 2.33. The van der Waals surface area contributed by atoms with Crippen molar-refractivity contribution in [3.05, 3.63) is 47.5 Å². The van der Waals surface area contributed by atoms with Crippen molar-refractivity contribution in [1.82, 2.24) is 0 Å². The van der Waals surface area contributed by atoms with Crippen molar-refractivity contribution in [3.8, 4) is 0 Å². The number of hydrogen-bond acceptors (Lipinski definition) is 2. The zero-order valence-electron chi connectivity index (χ0n) is 9.03. The van der Waals surface area contributed by atoms with E-state index in [-0.39, 0.29) is 5.82 Å². The number of aliphatic hydroxyl groups excluding tert-OH is 1. The van der Waals surface area contributed by atoms with Gasteiger partial charge in [-0.05, 0) is 36.1 Å². The van der Waals surface area contributed by atoms with Crippen LogP contribution in [0.15, 0.2) is 36.1 Å². The Morgan fingerprint density at radius 1 is 1.31 bits per heavy atom. The first-order valence-electron chi connectivity index (χ1n) is 5.49. The Kier molecular flexibility index (Phi) is 3.57. The molecule has 2 rings (SSSR count). The van der Waals surface area contributed by atoms with Crippen LogP contribution in [0.1, 0.15) is 18.4 Å². The van der Waals surface area contributed by atoms with Crippen molar-refractivity contribution in [2.45, 2.75) is 25.4 Å². The van der Waals surface area contributed by atoms with Crippen LogP contribution in [-0.4, -0.2) is 17.8 Å². The Morgan fingerprint density at radius 3 is 2.69 bits per heavy atom. The Balaban J connectivity index is 1.98. The summed E-state index contributed by atoms with van der Waals surface area (Å²) in [6, 6.07) is 6.22. The van der Waals surface area contributed by atoms with Gasteiger partial charge in [-0.15, -0.1) is 0 Å². The first-order chi connectivity index (χ1) is 7.75. The van der Waals surface area contributed by atoms with E-state index in [0.717, 1.165) is 30.6 Å². The van der Waals surface area contributed by atoms with E-state index in [0.29, 0.717) is 6.42 Å². The molecule has 1 aromatic rings. The zero-order chi connectivity index (χ0) is 11.4. The van der Waals surface area contributed by atoms with Crippen LogP contribution in [0.3, 0.4) is 0 Å². The maximum atomic E-state index is 12.7. The van der Waals surface area contributed by atoms with Crippen molar-refractivity contribution < 1.29 is 14.2 Å². The second kappa shape index (κ2) is 5.12. The van der Waals surface area contributed by atoms with Gasteiger partial charge in [0.15, 0.2) is 0 Å². The van der Waals surface area contributed by atoms with Gasteiger partial charge in [0, 0.05) is 6.42 Å². The summed E-state index contributed by atoms with van der Waals surface area (Å²) in [5, 5.41) is 9.95. The van der Waals surface area contributed by atoms with Crippen LogP contribution in [-0.2, 0) is 11.2 Å². The van der Waals surface area contributed by atoms with Gasteiger partial charge in [-0.3, -0.25) is 0 Å². The standard InChI is InChI=1S/C13H15FO2/c14-12-5-3-10(4-6-12)8-13(15)11-2-1-7-16-9-11/h3-6,9,13,15H,1-2,7-8H2. The predicted octanol–water partition coefficient (Wildman–Crippen LogP) is 2.42. The van der Waals surface area contributed by atoms with Crippen molar-refractivity contribution in [2.24, 2.45) is 0 Å². The lowest BCUT2D eigenvalue weighted by atomic mass is 9.98. The molecule has 1 N–H and O–H groups in total. The average molecular weight is 222 g/mol. The molecule has 1 aliphatic heterocycles. The van der Waals surface area contributed by atoms with Crippen LogP contribution in [0.5, 0.6) is 0 Å². The zero-order valence-corrected chi connectivity index (χ0v) is 9.03. The second-order valence-corrected chi connectivity index (χ2v) is 4.01. The highest BCUT2D eigenvalue weighted by atomic mass is 19.1. The Morgan fingerprint density at radius 2 is 2.06 bits per heavy atom. The molecule has 86 valence electrons. The third-order valence-electron chi connectivity index (χ3n) is 2.73. The molecule has 0 aromatic heterocycles. The Labute approximate surface area is 94.4 Å². The third-order valence-corrected chi connectivity index (χ3v) is 2.73. The highest BCUT2D eigenvalue weighted by Gasteiger charge is 2.14. The molecule has 0 bridgehead atoms. The van der Waals surface area contributed by atoms with Gasteiger partial charge in [0.1, 0.15) is 5.82 Å². The van der Waals surface area contributed by atoms with Crippen LogP contribution < -0.4 is 0 Å². The number of aliphatic hydroxyl groups is 1. The fourth-order valence-corrected chi connectivity index (χ4v) is 1.80. The molecule has 1 aliphatic rings. The lowest BCUT2D eigenvalue weighted by molar-refractivity contribution is 0.169. The van der Waals surface area contributed by atoms with E-state index in [2.05, 4.69) is 0 Å². The summed E-state index contributed by atoms with van der Waals surface area (Å²) >= 11 is 0. The number of rotatable bonds is 3. The van der Waals surface area contributed by atoms with E-state index in [1.807, 2.05) is 0 Å². The van der Waals surface area contributed by atoms with E-state index < -0.39 is 6.10 Å². The van der Waals surface area contributed by atoms with Crippen molar-refractivity contribution in [3.63, 3.8) is 0 Å². The molecule has 0 spiro atoms. The second-order valence-electron chi connectivity index (χ2n) is 4.01. The molecular formula is C13H15FO2. The lowest BCUT2D eigenvalue weighted by Gasteiger charge is -2.18. The van der Waals surface area contributed by atoms with E-state index >= 15 is 0 Å². The number of halogens is 1. The quantitative estimate of drug-likeness (QED) is 0.851. The van der Waals surface area contributed by atoms with Crippen LogP contribution in [0.4, 0.5) is 4.39 Å². The van der Waals surface area contributed by atoms with Gasteiger partial charge in [-0.25, -0.2) is 4.39 Å². The molecule has 3 heteroatoms. The SMILES string of the molecule is OC(Cc1ccc(F)cc1)C1=COCCC1. The fraction of sp³-hybridized carbons (Fsp3) is 0.385. The normalized spacial score (nSPS) is 17.5. The number of hydrogen-bond donors (Lipinski definition) is 1. The Bertz CT molecular complexity index is 370. The number of benzene rings is 1. The molecule has 0 saturated heterocycles. The molecule has 1 atom stereocenters. The van der Waals surface area contributed by atoms with Gasteiger partial charge in [-0.2, -0.15) is 0 Å². The largest absolute Gasteiger partial charge is 0.501 e. The molecule has 0 radical (unpaired) electrons. The smallest absolute Gasteiger partial charge is 0.123 e. The molecular weight excluding hydrogens is 207 g/mol. The van der Waals surface area contributed by atoms with Crippen molar-refractivity contribution >= 4 is 0 Å². The van der Waals surface area contributed by atoms with Gasteiger partial charge in [0.2, 0.25) is 0 Å². The highest BCUT2D eigenvalue weighted by molar-refractivity contribution is 5.20. The molecule has 0 amide bonds. The minimum absolute atomic E-state index is 0.251. The highest BCUT2D eigenvalue weighted by Crippen LogP contribution is 2.18. The van der Waals surface area contributed by atoms with E-state index in [4.69, 9.17) is 4.74 Å². The summed E-state index contributed by atoms with van der Waals surface area (Å²) in [6.07, 6.45) is 3.47. The predicted molar refractivity (Wildman–Crippen MR) is 59.4 cm³/mol. The third kappa shape index (κ3) is 2.83. The Hall–Kier alpha value is -1.35. The summed E-state index contributed by atoms with van der Waals surface area (Å²) < 4.78 is 17.9. The van der Waals surface area contributed by atoms with Crippen LogP contribution in [0.25, 0.3) is 0 Å². The first-order valence-corrected chi connectivity index (χ1v) is 5.49. The van der Waals surface area contributed by atoms with Crippen LogP contribution in [0, 0.1) is 5.82 Å². The minimum atomic E-state index is -0.522. The van der Waals surface area contributed by atoms with Gasteiger partial charge < -0.3 is 9.84 Å². The molecule has 1 unspecified atom stereocenters. The summed E-state index contributed by atoms with van der Waals surface area (Å²) in [5.41, 5.74) is 1.86. The maximum absolute atomic E-state index is 12.7. The molecule has 0 fully saturated rings. The molecule has 0 saturated carbocycles. The molecule has 1 heterocycles. The topological polar surface area (TPSA) is 29.5 Å². The summed E-state index contributed by atoms with van der Waals surface area (Å²) in [6.45, 7) is 0.729. The fourth-order valence-electron chi connectivity index (χ4n) is 1.80.